The van der Waals surface area contributed by atoms with Crippen LogP contribution < -0.4 is 5.32 Å². The molecule has 0 spiro atoms. The van der Waals surface area contributed by atoms with Gasteiger partial charge in [-0.2, -0.15) is 0 Å². The molecule has 0 aromatic carbocycles. The summed E-state index contributed by atoms with van der Waals surface area (Å²) in [5.74, 6) is -0.0250. The summed E-state index contributed by atoms with van der Waals surface area (Å²) in [6, 6.07) is -0.536. The van der Waals surface area contributed by atoms with E-state index in [1.165, 1.54) is 257 Å². The molecule has 0 fully saturated rings. The summed E-state index contributed by atoms with van der Waals surface area (Å²) in [4.78, 5) is 24.4. The average molecular weight is 933 g/mol. The zero-order valence-corrected chi connectivity index (χ0v) is 44.7. The topological polar surface area (TPSA) is 95.9 Å². The van der Waals surface area contributed by atoms with E-state index in [0.717, 1.165) is 44.9 Å². The van der Waals surface area contributed by atoms with Crippen LogP contribution in [-0.2, 0) is 14.3 Å². The van der Waals surface area contributed by atoms with Gasteiger partial charge in [0.05, 0.1) is 25.4 Å². The Kier molecular flexibility index (Phi) is 55.0. The van der Waals surface area contributed by atoms with E-state index in [4.69, 9.17) is 4.74 Å². The lowest BCUT2D eigenvalue weighted by molar-refractivity contribution is -0.143. The number of ether oxygens (including phenoxy) is 1. The van der Waals surface area contributed by atoms with E-state index >= 15 is 0 Å². The predicted molar refractivity (Wildman–Crippen MR) is 287 cm³/mol. The molecule has 392 valence electrons. The van der Waals surface area contributed by atoms with Gasteiger partial charge in [-0.15, -0.1) is 0 Å². The molecule has 0 saturated heterocycles. The van der Waals surface area contributed by atoms with Gasteiger partial charge in [-0.3, -0.25) is 9.59 Å². The standard InChI is InChI=1S/C60H117NO5/c1-3-5-7-9-11-13-14-15-31-34-38-42-46-50-54-60(65)66-55-51-47-43-39-35-32-29-27-25-23-21-19-17-16-18-20-22-24-26-28-30-33-37-41-45-49-53-59(64)61-57(56-62)58(63)52-48-44-40-36-12-10-8-6-4-2/h14-15,57-58,62-63H,3-13,16-56H2,1-2H3,(H,61,64)/b15-14-. The molecular formula is C60H117NO5. The van der Waals surface area contributed by atoms with Crippen molar-refractivity contribution in [2.45, 2.75) is 347 Å². The van der Waals surface area contributed by atoms with Crippen molar-refractivity contribution in [3.8, 4) is 0 Å². The van der Waals surface area contributed by atoms with Crippen LogP contribution in [0.25, 0.3) is 0 Å². The Morgan fingerprint density at radius 1 is 0.409 bits per heavy atom. The van der Waals surface area contributed by atoms with Crippen molar-refractivity contribution in [3.05, 3.63) is 12.2 Å². The van der Waals surface area contributed by atoms with E-state index in [0.29, 0.717) is 25.9 Å². The van der Waals surface area contributed by atoms with E-state index in [-0.39, 0.29) is 18.5 Å². The highest BCUT2D eigenvalue weighted by molar-refractivity contribution is 5.76. The minimum Gasteiger partial charge on any atom is -0.466 e. The van der Waals surface area contributed by atoms with Crippen molar-refractivity contribution in [1.82, 2.24) is 5.32 Å². The molecule has 0 aromatic heterocycles. The normalized spacial score (nSPS) is 12.6. The van der Waals surface area contributed by atoms with E-state index < -0.39 is 12.1 Å². The number of carbonyl (C=O) groups excluding carboxylic acids is 2. The maximum absolute atomic E-state index is 12.4. The van der Waals surface area contributed by atoms with Gasteiger partial charge in [0.25, 0.3) is 0 Å². The summed E-state index contributed by atoms with van der Waals surface area (Å²) in [6.07, 6.45) is 66.6. The number of aliphatic hydroxyl groups excluding tert-OH is 2. The summed E-state index contributed by atoms with van der Waals surface area (Å²) < 4.78 is 5.48. The Balaban J connectivity index is 3.31. The summed E-state index contributed by atoms with van der Waals surface area (Å²) in [7, 11) is 0. The molecule has 0 rings (SSSR count). The van der Waals surface area contributed by atoms with E-state index in [1.807, 2.05) is 0 Å². The molecule has 0 heterocycles. The maximum Gasteiger partial charge on any atom is 0.305 e. The summed E-state index contributed by atoms with van der Waals surface area (Å²) in [5, 5.41) is 23.1. The molecule has 0 radical (unpaired) electrons. The van der Waals surface area contributed by atoms with Gasteiger partial charge in [-0.05, 0) is 51.4 Å². The van der Waals surface area contributed by atoms with Gasteiger partial charge in [0.1, 0.15) is 0 Å². The highest BCUT2D eigenvalue weighted by atomic mass is 16.5. The van der Waals surface area contributed by atoms with E-state index in [2.05, 4.69) is 31.3 Å². The van der Waals surface area contributed by atoms with Crippen LogP contribution in [-0.4, -0.2) is 47.4 Å². The number of amides is 1. The summed E-state index contributed by atoms with van der Waals surface area (Å²) in [5.41, 5.74) is 0. The van der Waals surface area contributed by atoms with Crippen molar-refractivity contribution >= 4 is 11.9 Å². The number of esters is 1. The highest BCUT2D eigenvalue weighted by Gasteiger charge is 2.20. The lowest BCUT2D eigenvalue weighted by Gasteiger charge is -2.22. The molecule has 2 unspecified atom stereocenters. The van der Waals surface area contributed by atoms with Crippen molar-refractivity contribution < 1.29 is 24.5 Å². The van der Waals surface area contributed by atoms with Crippen LogP contribution in [0.5, 0.6) is 0 Å². The quantitative estimate of drug-likeness (QED) is 0.0321. The number of rotatable bonds is 56. The zero-order chi connectivity index (χ0) is 47.9. The van der Waals surface area contributed by atoms with Gasteiger partial charge < -0.3 is 20.3 Å². The van der Waals surface area contributed by atoms with Gasteiger partial charge in [0, 0.05) is 12.8 Å². The Bertz CT molecular complexity index is 986. The Labute approximate surface area is 412 Å². The molecule has 3 N–H and O–H groups in total. The maximum atomic E-state index is 12.4. The van der Waals surface area contributed by atoms with Crippen molar-refractivity contribution in [2.24, 2.45) is 0 Å². The predicted octanol–water partition coefficient (Wildman–Crippen LogP) is 18.5. The van der Waals surface area contributed by atoms with Gasteiger partial charge in [-0.25, -0.2) is 0 Å². The van der Waals surface area contributed by atoms with Crippen LogP contribution in [0.4, 0.5) is 0 Å². The van der Waals surface area contributed by atoms with Crippen LogP contribution >= 0.6 is 0 Å². The molecule has 0 aromatic rings. The molecule has 0 bridgehead atoms. The second kappa shape index (κ2) is 56.2. The number of hydrogen-bond acceptors (Lipinski definition) is 5. The fourth-order valence-corrected chi connectivity index (χ4v) is 9.46. The Hall–Kier alpha value is -1.40. The second-order valence-electron chi connectivity index (χ2n) is 20.7. The second-order valence-corrected chi connectivity index (χ2v) is 20.7. The molecule has 6 nitrogen and oxygen atoms in total. The number of aliphatic hydroxyl groups is 2. The molecule has 0 saturated carbocycles. The SMILES string of the molecule is CCCCCCC/C=C\CCCCCCCC(=O)OCCCCCCCCCCCCCCCCCCCCCCCCCCCCC(=O)NC(CO)C(O)CCCCCCCCCCC. The van der Waals surface area contributed by atoms with Crippen LogP contribution in [0.3, 0.4) is 0 Å². The first-order valence-corrected chi connectivity index (χ1v) is 29.9. The van der Waals surface area contributed by atoms with Crippen LogP contribution in [0, 0.1) is 0 Å². The first kappa shape index (κ1) is 64.6. The molecule has 0 aliphatic rings. The Morgan fingerprint density at radius 3 is 1.08 bits per heavy atom. The zero-order valence-electron chi connectivity index (χ0n) is 44.7. The molecule has 6 heteroatoms. The molecule has 0 aliphatic carbocycles. The highest BCUT2D eigenvalue weighted by Crippen LogP contribution is 2.18. The van der Waals surface area contributed by atoms with Crippen molar-refractivity contribution in [1.29, 1.82) is 0 Å². The van der Waals surface area contributed by atoms with Gasteiger partial charge in [0.15, 0.2) is 0 Å². The molecular weight excluding hydrogens is 815 g/mol. The molecule has 66 heavy (non-hydrogen) atoms. The molecule has 2 atom stereocenters. The van der Waals surface area contributed by atoms with Crippen molar-refractivity contribution in [3.63, 3.8) is 0 Å². The fraction of sp³-hybridized carbons (Fsp3) is 0.933. The van der Waals surface area contributed by atoms with Crippen LogP contribution in [0.1, 0.15) is 335 Å². The van der Waals surface area contributed by atoms with Gasteiger partial charge >= 0.3 is 5.97 Å². The van der Waals surface area contributed by atoms with E-state index in [9.17, 15) is 19.8 Å². The first-order valence-electron chi connectivity index (χ1n) is 29.9. The van der Waals surface area contributed by atoms with E-state index in [1.54, 1.807) is 0 Å². The lowest BCUT2D eigenvalue weighted by atomic mass is 10.0. The lowest BCUT2D eigenvalue weighted by Crippen LogP contribution is -2.45. The number of unbranched alkanes of at least 4 members (excludes halogenated alkanes) is 43. The number of hydrogen-bond donors (Lipinski definition) is 3. The third-order valence-electron chi connectivity index (χ3n) is 14.1. The van der Waals surface area contributed by atoms with Gasteiger partial charge in [0.2, 0.25) is 5.91 Å². The van der Waals surface area contributed by atoms with Crippen LogP contribution in [0.2, 0.25) is 0 Å². The number of nitrogens with one attached hydrogen (secondary N) is 1. The van der Waals surface area contributed by atoms with Crippen molar-refractivity contribution in [2.75, 3.05) is 13.2 Å². The third kappa shape index (κ3) is 52.0. The monoisotopic (exact) mass is 932 g/mol. The largest absolute Gasteiger partial charge is 0.466 e. The van der Waals surface area contributed by atoms with Gasteiger partial charge in [-0.1, -0.05) is 283 Å². The smallest absolute Gasteiger partial charge is 0.305 e. The number of carbonyl (C=O) groups is 2. The molecule has 0 aliphatic heterocycles. The minimum atomic E-state index is -0.659. The van der Waals surface area contributed by atoms with Crippen LogP contribution in [0.15, 0.2) is 12.2 Å². The minimum absolute atomic E-state index is 0.00899. The summed E-state index contributed by atoms with van der Waals surface area (Å²) >= 11 is 0. The summed E-state index contributed by atoms with van der Waals surface area (Å²) in [6.45, 7) is 4.94. The third-order valence-corrected chi connectivity index (χ3v) is 14.1. The fourth-order valence-electron chi connectivity index (χ4n) is 9.46. The Morgan fingerprint density at radius 2 is 0.712 bits per heavy atom. The number of allylic oxidation sites excluding steroid dienone is 2. The molecule has 1 amide bonds. The first-order chi connectivity index (χ1) is 32.5. The average Bonchev–Trinajstić information content (AvgIpc) is 3.32.